The number of H-pyrrole nitrogens is 2. The Morgan fingerprint density at radius 3 is 1.52 bits per heavy atom. The van der Waals surface area contributed by atoms with E-state index in [1.807, 2.05) is 36.4 Å². The number of imidazole rings is 2. The van der Waals surface area contributed by atoms with Crippen LogP contribution in [0.3, 0.4) is 0 Å². The summed E-state index contributed by atoms with van der Waals surface area (Å²) in [7, 11) is 1.21. The summed E-state index contributed by atoms with van der Waals surface area (Å²) in [5.74, 6) is 0.436. The van der Waals surface area contributed by atoms with Gasteiger partial charge in [0.25, 0.3) is 10.0 Å². The maximum atomic E-state index is 14.8. The molecule has 20 heteroatoms. The number of likely N-dealkylation sites (tertiary alicyclic amines) is 2. The predicted octanol–water partition coefficient (Wildman–Crippen LogP) is 5.66. The molecule has 2 aliphatic heterocycles. The Labute approximate surface area is 381 Å². The first-order chi connectivity index (χ1) is 31.8. The summed E-state index contributed by atoms with van der Waals surface area (Å²) in [4.78, 5) is 71.8. The number of aromatic nitrogens is 5. The van der Waals surface area contributed by atoms with Gasteiger partial charge in [-0.15, -0.1) is 0 Å². The average Bonchev–Trinajstić information content (AvgIpc) is 4.20. The third kappa shape index (κ3) is 8.58. The van der Waals surface area contributed by atoms with Crippen molar-refractivity contribution in [2.45, 2.75) is 80.8 Å². The Balaban J connectivity index is 1.14. The van der Waals surface area contributed by atoms with Crippen molar-refractivity contribution in [2.75, 3.05) is 41.5 Å². The number of nitrogens with one attached hydrogen (secondary N) is 4. The fourth-order valence-electron chi connectivity index (χ4n) is 8.97. The van der Waals surface area contributed by atoms with Crippen molar-refractivity contribution in [3.8, 4) is 22.5 Å². The fraction of sp³-hybridized carbons (Fsp3) is 0.391. The van der Waals surface area contributed by atoms with Crippen molar-refractivity contribution >= 4 is 55.8 Å². The summed E-state index contributed by atoms with van der Waals surface area (Å²) in [6.07, 6.45) is 3.27. The van der Waals surface area contributed by atoms with E-state index >= 15 is 0 Å². The molecular formula is C46H53N9O10S. The SMILES string of the molecule is COC(=O)N[C@@H](C(=O)N1CCC[C@@H]1c1ncc(-c2ccc3c4ccc(-c5cnc([C@H]6CCCN6C(=O)[C@H](NC(=O)OC)[C@H](C)OC)[nH]5)cc4n(S(=O)(=O)c4ccccc4)c3c2)[nH]1)[C@H](C)OC. The van der Waals surface area contributed by atoms with E-state index in [1.165, 1.54) is 32.4 Å². The monoisotopic (exact) mass is 923 g/mol. The highest BCUT2D eigenvalue weighted by Crippen LogP contribution is 2.39. The van der Waals surface area contributed by atoms with Crippen molar-refractivity contribution in [3.05, 3.63) is 90.8 Å². The highest BCUT2D eigenvalue weighted by atomic mass is 32.2. The van der Waals surface area contributed by atoms with Crippen LogP contribution in [0.25, 0.3) is 44.3 Å². The number of carbonyl (C=O) groups excluding carboxylic acids is 4. The topological polar surface area (TPSA) is 232 Å². The molecule has 66 heavy (non-hydrogen) atoms. The van der Waals surface area contributed by atoms with Crippen LogP contribution in [-0.4, -0.2) is 132 Å². The van der Waals surface area contributed by atoms with Crippen LogP contribution in [0.2, 0.25) is 0 Å². The van der Waals surface area contributed by atoms with Crippen molar-refractivity contribution in [3.63, 3.8) is 0 Å². The smallest absolute Gasteiger partial charge is 0.407 e. The van der Waals surface area contributed by atoms with Crippen molar-refractivity contribution < 1.29 is 46.5 Å². The number of fused-ring (bicyclic) bond motifs is 3. The predicted molar refractivity (Wildman–Crippen MR) is 243 cm³/mol. The van der Waals surface area contributed by atoms with Crippen LogP contribution in [-0.2, 0) is 38.6 Å². The first-order valence-corrected chi connectivity index (χ1v) is 23.1. The van der Waals surface area contributed by atoms with Crippen LogP contribution in [0, 0.1) is 0 Å². The van der Waals surface area contributed by atoms with Gasteiger partial charge in [0.05, 0.1) is 78.2 Å². The molecule has 5 heterocycles. The van der Waals surface area contributed by atoms with Crippen molar-refractivity contribution in [1.29, 1.82) is 0 Å². The van der Waals surface area contributed by atoms with Crippen LogP contribution < -0.4 is 10.6 Å². The van der Waals surface area contributed by atoms with Gasteiger partial charge in [-0.25, -0.2) is 31.9 Å². The summed E-state index contributed by atoms with van der Waals surface area (Å²) in [5.41, 5.74) is 3.44. The molecule has 6 aromatic rings. The first kappa shape index (κ1) is 45.8. The van der Waals surface area contributed by atoms with Crippen LogP contribution in [0.15, 0.2) is 84.0 Å². The van der Waals surface area contributed by atoms with Crippen LogP contribution >= 0.6 is 0 Å². The standard InChI is InChI=1S/C46H53N9O10S/c1-26(62-3)39(51-45(58)64-5)43(56)53-20-10-14-35(53)41-47-24-33(49-41)28-16-18-31-32-19-17-29(23-38(32)55(37(31)22-28)66(60,61)30-12-8-7-9-13-30)34-25-48-42(50-34)36-15-11-21-54(36)44(57)40(27(2)63-4)52-46(59)65-6/h7-9,12-13,16-19,22-27,35-36,39-40H,10-11,14-15,20-21H2,1-6H3,(H,47,49)(H,48,50)(H,51,58)(H,52,59)/t26-,27-,35+,36+,39+,40+/m0/s1. The number of hydrogen-bond acceptors (Lipinski definition) is 12. The van der Waals surface area contributed by atoms with Gasteiger partial charge in [-0.2, -0.15) is 0 Å². The van der Waals surface area contributed by atoms with Crippen LogP contribution in [0.1, 0.15) is 63.3 Å². The Morgan fingerprint density at radius 2 is 1.11 bits per heavy atom. The molecule has 0 unspecified atom stereocenters. The molecule has 4 amide bonds. The number of ether oxygens (including phenoxy) is 4. The van der Waals surface area contributed by atoms with Gasteiger partial charge in [0.2, 0.25) is 11.8 Å². The fourth-order valence-corrected chi connectivity index (χ4v) is 10.5. The molecule has 6 atom stereocenters. The van der Waals surface area contributed by atoms with Crippen molar-refractivity contribution in [2.24, 2.45) is 0 Å². The highest BCUT2D eigenvalue weighted by Gasteiger charge is 2.40. The molecule has 0 spiro atoms. The molecule has 348 valence electrons. The summed E-state index contributed by atoms with van der Waals surface area (Å²) < 4.78 is 51.3. The van der Waals surface area contributed by atoms with Gasteiger partial charge in [-0.1, -0.05) is 42.5 Å². The van der Waals surface area contributed by atoms with Gasteiger partial charge in [-0.3, -0.25) is 9.59 Å². The molecule has 3 aromatic carbocycles. The van der Waals surface area contributed by atoms with E-state index in [-0.39, 0.29) is 16.7 Å². The van der Waals surface area contributed by atoms with E-state index in [9.17, 15) is 27.6 Å². The number of hydrogen-bond donors (Lipinski definition) is 4. The Bertz CT molecular complexity index is 2720. The van der Waals surface area contributed by atoms with E-state index in [2.05, 4.69) is 20.6 Å². The summed E-state index contributed by atoms with van der Waals surface area (Å²) in [6.45, 7) is 4.29. The molecule has 8 rings (SSSR count). The molecule has 2 saturated heterocycles. The summed E-state index contributed by atoms with van der Waals surface area (Å²) >= 11 is 0. The van der Waals surface area contributed by atoms with Gasteiger partial charge in [0.1, 0.15) is 23.7 Å². The van der Waals surface area contributed by atoms with Gasteiger partial charge in [0.15, 0.2) is 0 Å². The third-order valence-electron chi connectivity index (χ3n) is 12.7. The molecule has 0 radical (unpaired) electrons. The lowest BCUT2D eigenvalue weighted by molar-refractivity contribution is -0.138. The average molecular weight is 924 g/mol. The van der Waals surface area contributed by atoms with E-state index < -0.39 is 58.6 Å². The second-order valence-corrected chi connectivity index (χ2v) is 18.2. The van der Waals surface area contributed by atoms with E-state index in [0.717, 1.165) is 0 Å². The van der Waals surface area contributed by atoms with Gasteiger partial charge in [0, 0.05) is 49.2 Å². The van der Waals surface area contributed by atoms with Gasteiger partial charge in [-0.05, 0) is 63.8 Å². The van der Waals surface area contributed by atoms with Gasteiger partial charge >= 0.3 is 12.2 Å². The number of carbonyl (C=O) groups is 4. The minimum absolute atomic E-state index is 0.106. The molecule has 0 aliphatic carbocycles. The summed E-state index contributed by atoms with van der Waals surface area (Å²) in [5, 5.41) is 6.61. The molecule has 0 bridgehead atoms. The normalized spacial score (nSPS) is 18.3. The number of methoxy groups -OCH3 is 4. The zero-order valence-corrected chi connectivity index (χ0v) is 38.3. The quantitative estimate of drug-likeness (QED) is 0.104. The van der Waals surface area contributed by atoms with Crippen LogP contribution in [0.4, 0.5) is 9.59 Å². The molecule has 4 N–H and O–H groups in total. The number of amides is 4. The Morgan fingerprint density at radius 1 is 0.667 bits per heavy atom. The highest BCUT2D eigenvalue weighted by molar-refractivity contribution is 7.90. The maximum absolute atomic E-state index is 14.8. The summed E-state index contributed by atoms with van der Waals surface area (Å²) in [6, 6.07) is 16.6. The Hall–Kier alpha value is -6.77. The third-order valence-corrected chi connectivity index (χ3v) is 14.4. The number of aromatic amines is 2. The second kappa shape index (κ2) is 19.0. The van der Waals surface area contributed by atoms with Gasteiger partial charge < -0.3 is 49.3 Å². The largest absolute Gasteiger partial charge is 0.453 e. The number of nitrogens with zero attached hydrogens (tertiary/aromatic N) is 5. The number of alkyl carbamates (subject to hydrolysis) is 2. The van der Waals surface area contributed by atoms with E-state index in [0.29, 0.717) is 94.7 Å². The van der Waals surface area contributed by atoms with E-state index in [4.69, 9.17) is 28.9 Å². The number of rotatable bonds is 14. The van der Waals surface area contributed by atoms with Crippen molar-refractivity contribution in [1.82, 2.24) is 44.3 Å². The zero-order valence-electron chi connectivity index (χ0n) is 37.4. The Kier molecular flexibility index (Phi) is 13.2. The maximum Gasteiger partial charge on any atom is 0.407 e. The van der Waals surface area contributed by atoms with E-state index in [1.54, 1.807) is 66.4 Å². The van der Waals surface area contributed by atoms with Crippen LogP contribution in [0.5, 0.6) is 0 Å². The minimum Gasteiger partial charge on any atom is -0.453 e. The molecule has 2 fully saturated rings. The second-order valence-electron chi connectivity index (χ2n) is 16.4. The molecule has 0 saturated carbocycles. The molecule has 3 aromatic heterocycles. The minimum atomic E-state index is -4.17. The lowest BCUT2D eigenvalue weighted by atomic mass is 10.1. The first-order valence-electron chi connectivity index (χ1n) is 21.6. The lowest BCUT2D eigenvalue weighted by Crippen LogP contribution is -2.54. The lowest BCUT2D eigenvalue weighted by Gasteiger charge is -2.30. The molecule has 2 aliphatic rings. The number of benzene rings is 3. The zero-order chi connectivity index (χ0) is 46.9. The molecule has 19 nitrogen and oxygen atoms in total. The molecular weight excluding hydrogens is 871 g/mol.